The Bertz CT molecular complexity index is 1600. The molecule has 3 atom stereocenters. The molecule has 3 aromatic rings. The topological polar surface area (TPSA) is 102 Å². The Morgan fingerprint density at radius 3 is 2.51 bits per heavy atom. The predicted molar refractivity (Wildman–Crippen MR) is 145 cm³/mol. The first kappa shape index (κ1) is 29.9. The Balaban J connectivity index is 1.87. The van der Waals surface area contributed by atoms with Crippen LogP contribution in [0.5, 0.6) is 0 Å². The minimum absolute atomic E-state index is 0.00596. The van der Waals surface area contributed by atoms with Crippen LogP contribution in [0.25, 0.3) is 11.1 Å². The minimum Gasteiger partial charge on any atom is -0.403 e. The van der Waals surface area contributed by atoms with E-state index < -0.39 is 57.7 Å². The fourth-order valence-corrected chi connectivity index (χ4v) is 4.90. The van der Waals surface area contributed by atoms with Crippen LogP contribution in [-0.2, 0) is 11.0 Å². The van der Waals surface area contributed by atoms with Crippen LogP contribution >= 0.6 is 11.6 Å². The Morgan fingerprint density at radius 1 is 1.15 bits per heavy atom. The summed E-state index contributed by atoms with van der Waals surface area (Å²) in [5.74, 6) is -3.02. The number of hydrogen-bond donors (Lipinski definition) is 2. The summed E-state index contributed by atoms with van der Waals surface area (Å²) in [6.07, 6.45) is -2.91. The summed E-state index contributed by atoms with van der Waals surface area (Å²) in [7, 11) is 1.48. The molecule has 0 saturated heterocycles. The third kappa shape index (κ3) is 6.02. The maximum absolute atomic E-state index is 15.2. The molecule has 1 aliphatic rings. The number of benzene rings is 1. The van der Waals surface area contributed by atoms with Gasteiger partial charge in [0.15, 0.2) is 0 Å². The van der Waals surface area contributed by atoms with Crippen LogP contribution in [0.3, 0.4) is 0 Å². The molecule has 216 valence electrons. The Labute approximate surface area is 236 Å². The van der Waals surface area contributed by atoms with Gasteiger partial charge < -0.3 is 15.6 Å². The number of nitrogens with zero attached hydrogens (tertiary/aromatic N) is 3. The standard InChI is InChI=1S/C28H25ClF5N5O2/c1-14-19(30)5-6-22(20-11-16(7-9-37-20)26(36-2)21(13-35)38-27(14)41)39-10-8-15(12-23(39)40)24-17(28(32,33)34)3-4-18(29)25(24)31/h3-4,7-14,19,22H,5-6,35H2,1-2H3,(H,38,41). The zero-order chi connectivity index (χ0) is 30.1. The number of rotatable bonds is 2. The van der Waals surface area contributed by atoms with E-state index in [-0.39, 0.29) is 29.8 Å². The van der Waals surface area contributed by atoms with E-state index in [1.165, 1.54) is 30.9 Å². The third-order valence-electron chi connectivity index (χ3n) is 6.94. The molecular formula is C28H25ClF5N5O2. The summed E-state index contributed by atoms with van der Waals surface area (Å²) in [5, 5.41) is 2.06. The maximum Gasteiger partial charge on any atom is 0.417 e. The van der Waals surface area contributed by atoms with Crippen molar-refractivity contribution in [3.05, 3.63) is 98.7 Å². The fraction of sp³-hybridized carbons (Fsp3) is 0.286. The average molecular weight is 594 g/mol. The molecule has 3 N–H and O–H groups in total. The third-order valence-corrected chi connectivity index (χ3v) is 7.24. The fourth-order valence-electron chi connectivity index (χ4n) is 4.74. The van der Waals surface area contributed by atoms with Gasteiger partial charge in [-0.15, -0.1) is 0 Å². The van der Waals surface area contributed by atoms with E-state index in [0.717, 1.165) is 24.4 Å². The average Bonchev–Trinajstić information content (AvgIpc) is 2.93. The van der Waals surface area contributed by atoms with E-state index in [1.807, 2.05) is 0 Å². The van der Waals surface area contributed by atoms with Crippen molar-refractivity contribution in [2.24, 2.45) is 16.6 Å². The number of amides is 1. The molecule has 41 heavy (non-hydrogen) atoms. The predicted octanol–water partition coefficient (Wildman–Crippen LogP) is 5.41. The Morgan fingerprint density at radius 2 is 1.88 bits per heavy atom. The van der Waals surface area contributed by atoms with E-state index in [9.17, 15) is 27.2 Å². The second-order valence-electron chi connectivity index (χ2n) is 9.45. The summed E-state index contributed by atoms with van der Waals surface area (Å²) < 4.78 is 72.3. The summed E-state index contributed by atoms with van der Waals surface area (Å²) >= 11 is 5.76. The summed E-state index contributed by atoms with van der Waals surface area (Å²) in [6.45, 7) is 1.41. The number of fused-ring (bicyclic) bond motifs is 2. The first-order valence-corrected chi connectivity index (χ1v) is 12.8. The lowest BCUT2D eigenvalue weighted by atomic mass is 9.94. The largest absolute Gasteiger partial charge is 0.417 e. The highest BCUT2D eigenvalue weighted by molar-refractivity contribution is 6.31. The van der Waals surface area contributed by atoms with Crippen LogP contribution < -0.4 is 16.6 Å². The molecule has 3 unspecified atom stereocenters. The number of hydrogen-bond acceptors (Lipinski definition) is 5. The van der Waals surface area contributed by atoms with Gasteiger partial charge in [0.2, 0.25) is 5.91 Å². The molecule has 0 spiro atoms. The highest BCUT2D eigenvalue weighted by atomic mass is 35.5. The zero-order valence-corrected chi connectivity index (χ0v) is 22.6. The number of nitrogens with one attached hydrogen (secondary N) is 1. The molecule has 1 aromatic carbocycles. The first-order valence-electron chi connectivity index (χ1n) is 12.4. The van der Waals surface area contributed by atoms with Crippen LogP contribution in [-0.4, -0.2) is 34.4 Å². The molecule has 2 aromatic heterocycles. The molecule has 0 aliphatic carbocycles. The normalized spacial score (nSPS) is 22.2. The van der Waals surface area contributed by atoms with Crippen molar-refractivity contribution in [3.63, 3.8) is 0 Å². The van der Waals surface area contributed by atoms with Crippen LogP contribution in [0.1, 0.15) is 42.6 Å². The molecule has 3 heterocycles. The molecule has 13 heteroatoms. The lowest BCUT2D eigenvalue weighted by Crippen LogP contribution is -2.37. The van der Waals surface area contributed by atoms with Crippen molar-refractivity contribution in [2.75, 3.05) is 7.05 Å². The number of nitrogens with two attached hydrogens (primary N) is 1. The van der Waals surface area contributed by atoms with Gasteiger partial charge in [0.25, 0.3) is 5.56 Å². The molecule has 7 nitrogen and oxygen atoms in total. The lowest BCUT2D eigenvalue weighted by Gasteiger charge is -2.25. The van der Waals surface area contributed by atoms with Gasteiger partial charge in [-0.2, -0.15) is 13.2 Å². The number of carbonyl (C=O) groups excluding carboxylic acids is 1. The van der Waals surface area contributed by atoms with Crippen molar-refractivity contribution in [3.8, 4) is 11.1 Å². The number of carbonyl (C=O) groups is 1. The second-order valence-corrected chi connectivity index (χ2v) is 9.86. The van der Waals surface area contributed by atoms with Crippen molar-refractivity contribution in [2.45, 2.75) is 38.2 Å². The van der Waals surface area contributed by atoms with Gasteiger partial charge in [-0.05, 0) is 48.7 Å². The van der Waals surface area contributed by atoms with E-state index in [0.29, 0.717) is 17.3 Å². The number of halogens is 6. The number of pyridine rings is 2. The molecule has 0 fully saturated rings. The van der Waals surface area contributed by atoms with E-state index in [1.54, 1.807) is 12.1 Å². The Kier molecular flexibility index (Phi) is 8.62. The maximum atomic E-state index is 15.2. The summed E-state index contributed by atoms with van der Waals surface area (Å²) in [5.41, 5.74) is 3.71. The molecule has 4 rings (SSSR count). The highest BCUT2D eigenvalue weighted by Gasteiger charge is 2.36. The van der Waals surface area contributed by atoms with E-state index >= 15 is 4.39 Å². The quantitative estimate of drug-likeness (QED) is 0.388. The van der Waals surface area contributed by atoms with Crippen molar-refractivity contribution in [1.29, 1.82) is 0 Å². The highest BCUT2D eigenvalue weighted by Crippen LogP contribution is 2.40. The van der Waals surface area contributed by atoms with Gasteiger partial charge >= 0.3 is 6.18 Å². The number of allylic oxidation sites excluding steroid dienone is 1. The van der Waals surface area contributed by atoms with Gasteiger partial charge in [-0.3, -0.25) is 19.6 Å². The van der Waals surface area contributed by atoms with Crippen molar-refractivity contribution in [1.82, 2.24) is 14.9 Å². The van der Waals surface area contributed by atoms with Gasteiger partial charge in [-0.1, -0.05) is 18.5 Å². The lowest BCUT2D eigenvalue weighted by molar-refractivity contribution is -0.137. The molecule has 0 radical (unpaired) electrons. The molecule has 0 saturated carbocycles. The Hall–Kier alpha value is -4.06. The molecular weight excluding hydrogens is 569 g/mol. The van der Waals surface area contributed by atoms with Crippen molar-refractivity contribution >= 4 is 23.2 Å². The van der Waals surface area contributed by atoms with Gasteiger partial charge in [0, 0.05) is 42.8 Å². The van der Waals surface area contributed by atoms with Gasteiger partial charge in [0.1, 0.15) is 12.0 Å². The van der Waals surface area contributed by atoms with Crippen molar-refractivity contribution < 1.29 is 26.7 Å². The SMILES string of the molecule is CN=C1C(=CN)NC(=O)C(C)C(F)CCC(n2ccc(-c3c(C(F)(F)F)ccc(Cl)c3F)cc2=O)c2cc1ccn2. The van der Waals surface area contributed by atoms with Crippen LogP contribution in [0.2, 0.25) is 5.02 Å². The van der Waals surface area contributed by atoms with Crippen LogP contribution in [0, 0.1) is 11.7 Å². The van der Waals surface area contributed by atoms with Gasteiger partial charge in [-0.25, -0.2) is 8.78 Å². The van der Waals surface area contributed by atoms with Crippen LogP contribution in [0.15, 0.2) is 70.5 Å². The van der Waals surface area contributed by atoms with E-state index in [2.05, 4.69) is 15.3 Å². The first-order chi connectivity index (χ1) is 19.4. The molecule has 1 aliphatic heterocycles. The summed E-state index contributed by atoms with van der Waals surface area (Å²) in [6, 6.07) is 5.77. The van der Waals surface area contributed by atoms with E-state index in [4.69, 9.17) is 17.3 Å². The van der Waals surface area contributed by atoms with Gasteiger partial charge in [0.05, 0.1) is 39.6 Å². The summed E-state index contributed by atoms with van der Waals surface area (Å²) in [4.78, 5) is 34.7. The molecule has 2 bridgehead atoms. The number of aromatic nitrogens is 2. The molecule has 1 amide bonds. The smallest absolute Gasteiger partial charge is 0.403 e. The van der Waals surface area contributed by atoms with Crippen LogP contribution in [0.4, 0.5) is 22.0 Å². The minimum atomic E-state index is -4.91. The number of alkyl halides is 4. The monoisotopic (exact) mass is 593 g/mol. The number of aliphatic imine (C=N–C) groups is 1. The zero-order valence-electron chi connectivity index (χ0n) is 21.8. The second kappa shape index (κ2) is 11.8.